The summed E-state index contributed by atoms with van der Waals surface area (Å²) in [5, 5.41) is 0. The van der Waals surface area contributed by atoms with Crippen LogP contribution in [0.1, 0.15) is 31.2 Å². The Morgan fingerprint density at radius 2 is 1.84 bits per heavy atom. The van der Waals surface area contributed by atoms with Gasteiger partial charge in [-0.15, -0.1) is 12.4 Å². The molecule has 1 aromatic rings. The first-order valence-corrected chi connectivity index (χ1v) is 6.87. The predicted octanol–water partition coefficient (Wildman–Crippen LogP) is 3.02. The first kappa shape index (κ1) is 16.4. The highest BCUT2D eigenvalue weighted by Gasteiger charge is 2.19. The van der Waals surface area contributed by atoms with Gasteiger partial charge >= 0.3 is 0 Å². The van der Waals surface area contributed by atoms with Gasteiger partial charge in [0.2, 0.25) is 0 Å². The molecule has 0 bridgehead atoms. The van der Waals surface area contributed by atoms with Crippen LogP contribution in [0, 0.1) is 11.7 Å². The van der Waals surface area contributed by atoms with Crippen LogP contribution in [0.2, 0.25) is 0 Å². The SMILES string of the molecule is CC(CN1CCC(CN)CC1)c1ccc(F)cc1.Cl. The van der Waals surface area contributed by atoms with Crippen LogP contribution in [0.3, 0.4) is 0 Å². The van der Waals surface area contributed by atoms with E-state index in [1.54, 1.807) is 12.1 Å². The quantitative estimate of drug-likeness (QED) is 0.922. The molecule has 0 aliphatic carbocycles. The van der Waals surface area contributed by atoms with Gasteiger partial charge in [-0.3, -0.25) is 0 Å². The third kappa shape index (κ3) is 4.75. The number of benzene rings is 1. The van der Waals surface area contributed by atoms with Gasteiger partial charge in [0.15, 0.2) is 0 Å². The molecule has 0 saturated carbocycles. The van der Waals surface area contributed by atoms with Crippen molar-refractivity contribution in [2.45, 2.75) is 25.7 Å². The van der Waals surface area contributed by atoms with E-state index in [4.69, 9.17) is 5.73 Å². The molecule has 1 heterocycles. The second-order valence-electron chi connectivity index (χ2n) is 5.43. The lowest BCUT2D eigenvalue weighted by atomic mass is 9.95. The van der Waals surface area contributed by atoms with Crippen molar-refractivity contribution in [2.75, 3.05) is 26.2 Å². The normalized spacial score (nSPS) is 18.9. The van der Waals surface area contributed by atoms with Crippen LogP contribution in [0.4, 0.5) is 4.39 Å². The van der Waals surface area contributed by atoms with Crippen molar-refractivity contribution in [2.24, 2.45) is 11.7 Å². The Labute approximate surface area is 121 Å². The third-order valence-corrected chi connectivity index (χ3v) is 4.01. The van der Waals surface area contributed by atoms with Crippen molar-refractivity contribution in [3.05, 3.63) is 35.6 Å². The van der Waals surface area contributed by atoms with Gasteiger partial charge in [-0.05, 0) is 62.0 Å². The van der Waals surface area contributed by atoms with E-state index in [9.17, 15) is 4.39 Å². The molecule has 1 unspecified atom stereocenters. The molecule has 0 spiro atoms. The van der Waals surface area contributed by atoms with Crippen LogP contribution in [0.5, 0.6) is 0 Å². The van der Waals surface area contributed by atoms with E-state index in [1.807, 2.05) is 12.1 Å². The molecule has 0 radical (unpaired) electrons. The van der Waals surface area contributed by atoms with E-state index >= 15 is 0 Å². The van der Waals surface area contributed by atoms with Crippen molar-refractivity contribution in [1.82, 2.24) is 4.90 Å². The Hall–Kier alpha value is -0.640. The van der Waals surface area contributed by atoms with Gasteiger partial charge in [0.25, 0.3) is 0 Å². The zero-order valence-electron chi connectivity index (χ0n) is 11.5. The monoisotopic (exact) mass is 286 g/mol. The Balaban J connectivity index is 0.00000180. The first-order valence-electron chi connectivity index (χ1n) is 6.87. The number of nitrogens with two attached hydrogens (primary N) is 1. The van der Waals surface area contributed by atoms with Crippen molar-refractivity contribution in [3.63, 3.8) is 0 Å². The van der Waals surface area contributed by atoms with Gasteiger partial charge in [-0.1, -0.05) is 19.1 Å². The summed E-state index contributed by atoms with van der Waals surface area (Å²) in [5.74, 6) is 1.01. The van der Waals surface area contributed by atoms with Crippen LogP contribution < -0.4 is 5.73 Å². The molecule has 1 fully saturated rings. The van der Waals surface area contributed by atoms with Crippen molar-refractivity contribution >= 4 is 12.4 Å². The van der Waals surface area contributed by atoms with E-state index < -0.39 is 0 Å². The minimum absolute atomic E-state index is 0. The van der Waals surface area contributed by atoms with Gasteiger partial charge in [0.05, 0.1) is 0 Å². The molecular weight excluding hydrogens is 263 g/mol. The lowest BCUT2D eigenvalue weighted by Crippen LogP contribution is -2.38. The second kappa shape index (κ2) is 7.83. The second-order valence-corrected chi connectivity index (χ2v) is 5.43. The molecule has 0 amide bonds. The van der Waals surface area contributed by atoms with Gasteiger partial charge in [0.1, 0.15) is 5.82 Å². The molecule has 2 N–H and O–H groups in total. The highest BCUT2D eigenvalue weighted by Crippen LogP contribution is 2.21. The minimum atomic E-state index is -0.158. The molecule has 1 atom stereocenters. The van der Waals surface area contributed by atoms with Crippen LogP contribution >= 0.6 is 12.4 Å². The molecule has 19 heavy (non-hydrogen) atoms. The molecule has 1 aliphatic heterocycles. The van der Waals surface area contributed by atoms with Crippen LogP contribution in [-0.2, 0) is 0 Å². The molecular formula is C15H24ClFN2. The van der Waals surface area contributed by atoms with Crippen LogP contribution in [0.15, 0.2) is 24.3 Å². The van der Waals surface area contributed by atoms with Crippen LogP contribution in [-0.4, -0.2) is 31.1 Å². The number of likely N-dealkylation sites (tertiary alicyclic amines) is 1. The molecule has 4 heteroatoms. The number of hydrogen-bond donors (Lipinski definition) is 1. The average molecular weight is 287 g/mol. The lowest BCUT2D eigenvalue weighted by Gasteiger charge is -2.33. The number of piperidine rings is 1. The van der Waals surface area contributed by atoms with Gasteiger partial charge < -0.3 is 10.6 Å². The summed E-state index contributed by atoms with van der Waals surface area (Å²) in [4.78, 5) is 2.50. The van der Waals surface area contributed by atoms with Gasteiger partial charge in [0, 0.05) is 6.54 Å². The van der Waals surface area contributed by atoms with Crippen molar-refractivity contribution in [1.29, 1.82) is 0 Å². The van der Waals surface area contributed by atoms with Gasteiger partial charge in [-0.2, -0.15) is 0 Å². The van der Waals surface area contributed by atoms with E-state index in [0.717, 1.165) is 26.2 Å². The lowest BCUT2D eigenvalue weighted by molar-refractivity contribution is 0.180. The summed E-state index contributed by atoms with van der Waals surface area (Å²) in [6.45, 7) is 6.38. The molecule has 1 saturated heterocycles. The fourth-order valence-electron chi connectivity index (χ4n) is 2.69. The van der Waals surface area contributed by atoms with E-state index in [2.05, 4.69) is 11.8 Å². The molecule has 0 aromatic heterocycles. The summed E-state index contributed by atoms with van der Waals surface area (Å²) in [5.41, 5.74) is 6.92. The number of hydrogen-bond acceptors (Lipinski definition) is 2. The van der Waals surface area contributed by atoms with E-state index in [-0.39, 0.29) is 18.2 Å². The summed E-state index contributed by atoms with van der Waals surface area (Å²) in [6.07, 6.45) is 2.43. The van der Waals surface area contributed by atoms with Crippen molar-refractivity contribution in [3.8, 4) is 0 Å². The first-order chi connectivity index (χ1) is 8.69. The van der Waals surface area contributed by atoms with Crippen molar-refractivity contribution < 1.29 is 4.39 Å². The Morgan fingerprint density at radius 3 is 2.37 bits per heavy atom. The van der Waals surface area contributed by atoms with E-state index in [1.165, 1.54) is 18.4 Å². The topological polar surface area (TPSA) is 29.3 Å². The Bertz CT molecular complexity index is 361. The fourth-order valence-corrected chi connectivity index (χ4v) is 2.69. The smallest absolute Gasteiger partial charge is 0.123 e. The number of rotatable bonds is 4. The maximum absolute atomic E-state index is 12.9. The highest BCUT2D eigenvalue weighted by atomic mass is 35.5. The summed E-state index contributed by atoms with van der Waals surface area (Å²) in [6, 6.07) is 6.89. The number of nitrogens with zero attached hydrogens (tertiary/aromatic N) is 1. The number of halogens is 2. The van der Waals surface area contributed by atoms with Gasteiger partial charge in [-0.25, -0.2) is 4.39 Å². The summed E-state index contributed by atoms with van der Waals surface area (Å²) >= 11 is 0. The molecule has 108 valence electrons. The fraction of sp³-hybridized carbons (Fsp3) is 0.600. The van der Waals surface area contributed by atoms with Crippen LogP contribution in [0.25, 0.3) is 0 Å². The zero-order valence-corrected chi connectivity index (χ0v) is 12.3. The zero-order chi connectivity index (χ0) is 13.0. The molecule has 1 aromatic carbocycles. The molecule has 2 rings (SSSR count). The van der Waals surface area contributed by atoms with E-state index in [0.29, 0.717) is 11.8 Å². The summed E-state index contributed by atoms with van der Waals surface area (Å²) < 4.78 is 12.9. The largest absolute Gasteiger partial charge is 0.330 e. The Morgan fingerprint density at radius 1 is 1.26 bits per heavy atom. The molecule has 1 aliphatic rings. The Kier molecular flexibility index (Phi) is 6.76. The highest BCUT2D eigenvalue weighted by molar-refractivity contribution is 5.85. The predicted molar refractivity (Wildman–Crippen MR) is 80.3 cm³/mol. The third-order valence-electron chi connectivity index (χ3n) is 4.01. The summed E-state index contributed by atoms with van der Waals surface area (Å²) in [7, 11) is 0. The molecule has 2 nitrogen and oxygen atoms in total. The maximum atomic E-state index is 12.9. The average Bonchev–Trinajstić information content (AvgIpc) is 2.40. The standard InChI is InChI=1S/C15H23FN2.ClH/c1-12(14-2-4-15(16)5-3-14)11-18-8-6-13(10-17)7-9-18;/h2-5,12-13H,6-11,17H2,1H3;1H. The maximum Gasteiger partial charge on any atom is 0.123 e. The minimum Gasteiger partial charge on any atom is -0.330 e.